The number of carbonyl (C=O) groups excluding carboxylic acids is 1. The first-order valence-electron chi connectivity index (χ1n) is 6.68. The molecule has 0 saturated carbocycles. The van der Waals surface area contributed by atoms with Gasteiger partial charge in [-0.3, -0.25) is 0 Å². The molecule has 7 heteroatoms. The van der Waals surface area contributed by atoms with Gasteiger partial charge in [-0.05, 0) is 57.9 Å². The number of ether oxygens (including phenoxy) is 1. The summed E-state index contributed by atoms with van der Waals surface area (Å²) >= 11 is 3.08. The molecule has 0 fully saturated rings. The van der Waals surface area contributed by atoms with Crippen LogP contribution in [-0.4, -0.2) is 11.7 Å². The highest BCUT2D eigenvalue weighted by atomic mass is 79.9. The van der Waals surface area contributed by atoms with Crippen LogP contribution < -0.4 is 5.32 Å². The Morgan fingerprint density at radius 2 is 1.82 bits per heavy atom. The van der Waals surface area contributed by atoms with Gasteiger partial charge >= 0.3 is 12.3 Å². The Morgan fingerprint density at radius 3 is 2.27 bits per heavy atom. The lowest BCUT2D eigenvalue weighted by molar-refractivity contribution is -0.138. The summed E-state index contributed by atoms with van der Waals surface area (Å²) in [5.74, 6) is 0. The van der Waals surface area contributed by atoms with Crippen LogP contribution >= 0.6 is 15.9 Å². The molecule has 124 valence electrons. The van der Waals surface area contributed by atoms with Gasteiger partial charge in [0.05, 0.1) is 11.6 Å². The molecule has 1 amide bonds. The van der Waals surface area contributed by atoms with Gasteiger partial charge in [0, 0.05) is 4.47 Å². The van der Waals surface area contributed by atoms with Gasteiger partial charge in [0.2, 0.25) is 0 Å². The van der Waals surface area contributed by atoms with Crippen molar-refractivity contribution >= 4 is 22.0 Å². The van der Waals surface area contributed by atoms with E-state index in [-0.39, 0.29) is 5.56 Å². The van der Waals surface area contributed by atoms with Crippen LogP contribution in [0.4, 0.5) is 18.0 Å². The van der Waals surface area contributed by atoms with E-state index >= 15 is 0 Å². The van der Waals surface area contributed by atoms with Gasteiger partial charge in [0.15, 0.2) is 0 Å². The normalized spacial score (nSPS) is 13.7. The van der Waals surface area contributed by atoms with E-state index in [1.54, 1.807) is 33.8 Å². The van der Waals surface area contributed by atoms with Crippen LogP contribution in [0.2, 0.25) is 0 Å². The molecule has 1 rings (SSSR count). The van der Waals surface area contributed by atoms with Crippen LogP contribution in [0.1, 0.15) is 50.4 Å². The van der Waals surface area contributed by atoms with E-state index in [2.05, 4.69) is 21.2 Å². The summed E-state index contributed by atoms with van der Waals surface area (Å²) in [6, 6.07) is 1.97. The molecule has 1 unspecified atom stereocenters. The van der Waals surface area contributed by atoms with Gasteiger partial charge in [-0.25, -0.2) is 4.79 Å². The standard InChI is InChI=1S/C15H19BrF3NO2/c1-8-11(6-10(16)7-12(8)15(17,18)19)9(2)20-13(21)22-14(3,4)5/h6-7,9H,1-5H3,(H,20,21). The average molecular weight is 382 g/mol. The van der Waals surface area contributed by atoms with Gasteiger partial charge < -0.3 is 10.1 Å². The third-order valence-corrected chi connectivity index (χ3v) is 3.38. The summed E-state index contributed by atoms with van der Waals surface area (Å²) < 4.78 is 44.5. The summed E-state index contributed by atoms with van der Waals surface area (Å²) in [4.78, 5) is 11.8. The average Bonchev–Trinajstić information content (AvgIpc) is 2.27. The van der Waals surface area contributed by atoms with Crippen molar-refractivity contribution < 1.29 is 22.7 Å². The van der Waals surface area contributed by atoms with Crippen molar-refractivity contribution in [1.82, 2.24) is 5.32 Å². The third-order valence-electron chi connectivity index (χ3n) is 2.92. The van der Waals surface area contributed by atoms with Crippen molar-refractivity contribution in [2.24, 2.45) is 0 Å². The Kier molecular flexibility index (Phi) is 5.54. The van der Waals surface area contributed by atoms with E-state index in [1.807, 2.05) is 0 Å². The lowest BCUT2D eigenvalue weighted by Crippen LogP contribution is -2.34. The fourth-order valence-electron chi connectivity index (χ4n) is 2.01. The van der Waals surface area contributed by atoms with Crippen LogP contribution in [0, 0.1) is 6.92 Å². The van der Waals surface area contributed by atoms with Gasteiger partial charge in [-0.2, -0.15) is 13.2 Å². The van der Waals surface area contributed by atoms with Crippen molar-refractivity contribution in [3.63, 3.8) is 0 Å². The Balaban J connectivity index is 3.06. The van der Waals surface area contributed by atoms with Crippen molar-refractivity contribution in [3.8, 4) is 0 Å². The van der Waals surface area contributed by atoms with Crippen LogP contribution in [0.3, 0.4) is 0 Å². The Labute approximate surface area is 136 Å². The first-order valence-corrected chi connectivity index (χ1v) is 7.47. The molecule has 0 bridgehead atoms. The highest BCUT2D eigenvalue weighted by Gasteiger charge is 2.34. The SMILES string of the molecule is Cc1c(C(C)NC(=O)OC(C)(C)C)cc(Br)cc1C(F)(F)F. The Bertz CT molecular complexity index is 565. The van der Waals surface area contributed by atoms with Crippen LogP contribution in [0.5, 0.6) is 0 Å². The van der Waals surface area contributed by atoms with Gasteiger partial charge in [-0.1, -0.05) is 15.9 Å². The van der Waals surface area contributed by atoms with Crippen LogP contribution in [0.25, 0.3) is 0 Å². The summed E-state index contributed by atoms with van der Waals surface area (Å²) in [5.41, 5.74) is -0.936. The molecule has 0 aliphatic heterocycles. The van der Waals surface area contributed by atoms with Gasteiger partial charge in [0.1, 0.15) is 5.60 Å². The maximum absolute atomic E-state index is 13.0. The highest BCUT2D eigenvalue weighted by Crippen LogP contribution is 2.36. The smallest absolute Gasteiger partial charge is 0.416 e. The van der Waals surface area contributed by atoms with Gasteiger partial charge in [0.25, 0.3) is 0 Å². The monoisotopic (exact) mass is 381 g/mol. The molecule has 22 heavy (non-hydrogen) atoms. The molecule has 1 atom stereocenters. The predicted octanol–water partition coefficient (Wildman–Crippen LogP) is 5.36. The summed E-state index contributed by atoms with van der Waals surface area (Å²) in [6.45, 7) is 8.13. The number of benzene rings is 1. The number of alkyl carbamates (subject to hydrolysis) is 1. The number of halogens is 4. The van der Waals surface area contributed by atoms with E-state index in [4.69, 9.17) is 4.74 Å². The maximum Gasteiger partial charge on any atom is 0.416 e. The number of alkyl halides is 3. The third kappa shape index (κ3) is 5.19. The number of amides is 1. The van der Waals surface area contributed by atoms with Crippen molar-refractivity contribution in [2.75, 3.05) is 0 Å². The van der Waals surface area contributed by atoms with E-state index in [0.29, 0.717) is 10.0 Å². The molecule has 0 aliphatic carbocycles. The Hall–Kier alpha value is -1.24. The fourth-order valence-corrected chi connectivity index (χ4v) is 2.48. The fraction of sp³-hybridized carbons (Fsp3) is 0.533. The molecular formula is C15H19BrF3NO2. The molecule has 0 heterocycles. The Morgan fingerprint density at radius 1 is 1.27 bits per heavy atom. The molecule has 1 aromatic rings. The molecule has 0 spiro atoms. The molecule has 0 radical (unpaired) electrons. The lowest BCUT2D eigenvalue weighted by atomic mass is 9.97. The number of hydrogen-bond donors (Lipinski definition) is 1. The number of nitrogens with one attached hydrogen (secondary N) is 1. The van der Waals surface area contributed by atoms with Crippen molar-refractivity contribution in [3.05, 3.63) is 33.3 Å². The van der Waals surface area contributed by atoms with Crippen LogP contribution in [0.15, 0.2) is 16.6 Å². The molecule has 1 N–H and O–H groups in total. The maximum atomic E-state index is 13.0. The second-order valence-corrected chi connectivity index (χ2v) is 6.95. The highest BCUT2D eigenvalue weighted by molar-refractivity contribution is 9.10. The van der Waals surface area contributed by atoms with E-state index in [9.17, 15) is 18.0 Å². The predicted molar refractivity (Wildman–Crippen MR) is 81.7 cm³/mol. The molecular weight excluding hydrogens is 363 g/mol. The lowest BCUT2D eigenvalue weighted by Gasteiger charge is -2.24. The molecule has 1 aromatic carbocycles. The number of rotatable bonds is 2. The number of carbonyl (C=O) groups is 1. The van der Waals surface area contributed by atoms with E-state index in [0.717, 1.165) is 6.07 Å². The number of hydrogen-bond acceptors (Lipinski definition) is 2. The van der Waals surface area contributed by atoms with E-state index < -0.39 is 29.5 Å². The van der Waals surface area contributed by atoms with Gasteiger partial charge in [-0.15, -0.1) is 0 Å². The second kappa shape index (κ2) is 6.48. The summed E-state index contributed by atoms with van der Waals surface area (Å²) in [5, 5.41) is 2.55. The van der Waals surface area contributed by atoms with Crippen LogP contribution in [-0.2, 0) is 10.9 Å². The molecule has 0 aliphatic rings. The largest absolute Gasteiger partial charge is 0.444 e. The molecule has 0 aromatic heterocycles. The quantitative estimate of drug-likeness (QED) is 0.748. The van der Waals surface area contributed by atoms with Crippen molar-refractivity contribution in [2.45, 2.75) is 52.4 Å². The molecule has 3 nitrogen and oxygen atoms in total. The first-order chi connectivity index (χ1) is 9.81. The topological polar surface area (TPSA) is 38.3 Å². The zero-order valence-electron chi connectivity index (χ0n) is 13.1. The zero-order valence-corrected chi connectivity index (χ0v) is 14.6. The zero-order chi connectivity index (χ0) is 17.3. The minimum absolute atomic E-state index is 0.0826. The summed E-state index contributed by atoms with van der Waals surface area (Å²) in [6.07, 6.45) is -5.12. The van der Waals surface area contributed by atoms with E-state index in [1.165, 1.54) is 6.92 Å². The minimum Gasteiger partial charge on any atom is -0.444 e. The second-order valence-electron chi connectivity index (χ2n) is 6.03. The molecule has 0 saturated heterocycles. The van der Waals surface area contributed by atoms with Crippen molar-refractivity contribution in [1.29, 1.82) is 0 Å². The first kappa shape index (κ1) is 18.8. The minimum atomic E-state index is -4.45. The summed E-state index contributed by atoms with van der Waals surface area (Å²) in [7, 11) is 0.